The van der Waals surface area contributed by atoms with Crippen molar-refractivity contribution >= 4 is 21.7 Å². The maximum atomic E-state index is 10.5. The number of hydrogen-bond donors (Lipinski definition) is 1. The van der Waals surface area contributed by atoms with Crippen molar-refractivity contribution in [3.8, 4) is 0 Å². The van der Waals surface area contributed by atoms with E-state index in [-0.39, 0.29) is 11.8 Å². The van der Waals surface area contributed by atoms with Crippen molar-refractivity contribution < 1.29 is 17.7 Å². The van der Waals surface area contributed by atoms with Crippen LogP contribution in [0.1, 0.15) is 13.3 Å². The number of hydrogen-bond acceptors (Lipinski definition) is 3. The van der Waals surface area contributed by atoms with Crippen molar-refractivity contribution in [2.75, 3.05) is 13.2 Å². The van der Waals surface area contributed by atoms with Crippen LogP contribution in [0.4, 0.5) is 0 Å². The fraction of sp³-hybridized carbons (Fsp3) is 1.00. The molecule has 6 heteroatoms. The van der Waals surface area contributed by atoms with E-state index >= 15 is 0 Å². The predicted molar refractivity (Wildman–Crippen MR) is 44.7 cm³/mol. The topological polar surface area (TPSA) is 63.6 Å². The molecule has 1 atom stereocenters. The van der Waals surface area contributed by atoms with E-state index in [4.69, 9.17) is 20.9 Å². The minimum absolute atomic E-state index is 0.192. The SMILES string of the molecule is CC1(CC(Cl)S(=O)(=O)O)COC1. The Kier molecular flexibility index (Phi) is 2.68. The Morgan fingerprint density at radius 2 is 2.17 bits per heavy atom. The standard InChI is InChI=1S/C6H11ClO4S/c1-6(3-11-4-6)2-5(7)12(8,9)10/h5H,2-4H2,1H3,(H,8,9,10). The molecule has 0 aliphatic carbocycles. The van der Waals surface area contributed by atoms with Crippen LogP contribution in [-0.4, -0.2) is 30.9 Å². The van der Waals surface area contributed by atoms with Gasteiger partial charge in [0.15, 0.2) is 4.71 Å². The molecule has 1 fully saturated rings. The van der Waals surface area contributed by atoms with Crippen LogP contribution in [-0.2, 0) is 14.9 Å². The second-order valence-electron chi connectivity index (χ2n) is 3.43. The van der Waals surface area contributed by atoms with Gasteiger partial charge in [-0.3, -0.25) is 4.55 Å². The van der Waals surface area contributed by atoms with Crippen molar-refractivity contribution in [1.82, 2.24) is 0 Å². The molecule has 1 heterocycles. The maximum Gasteiger partial charge on any atom is 0.281 e. The summed E-state index contributed by atoms with van der Waals surface area (Å²) in [4.78, 5) is 0. The van der Waals surface area contributed by atoms with Gasteiger partial charge in [0.2, 0.25) is 0 Å². The third kappa shape index (κ3) is 2.32. The summed E-state index contributed by atoms with van der Waals surface area (Å²) in [6.45, 7) is 2.88. The molecule has 1 saturated heterocycles. The van der Waals surface area contributed by atoms with E-state index in [1.165, 1.54) is 0 Å². The monoisotopic (exact) mass is 214 g/mol. The first-order chi connectivity index (χ1) is 5.33. The summed E-state index contributed by atoms with van der Waals surface area (Å²) in [5.41, 5.74) is -0.192. The Labute approximate surface area is 76.6 Å². The summed E-state index contributed by atoms with van der Waals surface area (Å²) in [6.07, 6.45) is 0.230. The maximum absolute atomic E-state index is 10.5. The van der Waals surface area contributed by atoms with Crippen molar-refractivity contribution in [2.24, 2.45) is 5.41 Å². The predicted octanol–water partition coefficient (Wildman–Crippen LogP) is 0.866. The van der Waals surface area contributed by atoms with Crippen LogP contribution in [0.15, 0.2) is 0 Å². The summed E-state index contributed by atoms with van der Waals surface area (Å²) < 4.78 is 33.3. The summed E-state index contributed by atoms with van der Waals surface area (Å²) in [5.74, 6) is 0. The molecule has 1 N–H and O–H groups in total. The normalized spacial score (nSPS) is 24.6. The zero-order valence-corrected chi connectivity index (χ0v) is 8.23. The number of alkyl halides is 1. The molecular weight excluding hydrogens is 204 g/mol. The lowest BCUT2D eigenvalue weighted by molar-refractivity contribution is -0.103. The summed E-state index contributed by atoms with van der Waals surface area (Å²) in [5, 5.41) is 0. The lowest BCUT2D eigenvalue weighted by Crippen LogP contribution is -2.42. The summed E-state index contributed by atoms with van der Waals surface area (Å²) in [6, 6.07) is 0. The van der Waals surface area contributed by atoms with Crippen molar-refractivity contribution in [3.63, 3.8) is 0 Å². The third-order valence-electron chi connectivity index (χ3n) is 1.88. The molecule has 0 spiro atoms. The van der Waals surface area contributed by atoms with Gasteiger partial charge in [-0.25, -0.2) is 0 Å². The molecule has 4 nitrogen and oxygen atoms in total. The Morgan fingerprint density at radius 1 is 1.67 bits per heavy atom. The Morgan fingerprint density at radius 3 is 2.42 bits per heavy atom. The van der Waals surface area contributed by atoms with E-state index in [0.29, 0.717) is 13.2 Å². The van der Waals surface area contributed by atoms with Crippen LogP contribution in [0.3, 0.4) is 0 Å². The summed E-state index contributed by atoms with van der Waals surface area (Å²) in [7, 11) is -4.10. The van der Waals surface area contributed by atoms with Gasteiger partial charge < -0.3 is 4.74 Å². The Hall–Kier alpha value is 0.160. The molecule has 0 aromatic carbocycles. The fourth-order valence-corrected chi connectivity index (χ4v) is 2.05. The number of ether oxygens (including phenoxy) is 1. The van der Waals surface area contributed by atoms with E-state index in [1.54, 1.807) is 0 Å². The highest BCUT2D eigenvalue weighted by atomic mass is 35.5. The van der Waals surface area contributed by atoms with Gasteiger partial charge in [0.1, 0.15) is 0 Å². The molecular formula is C6H11ClO4S. The zero-order chi connectivity index (χ0) is 9.41. The Balaban J connectivity index is 2.51. The van der Waals surface area contributed by atoms with E-state index in [1.807, 2.05) is 6.92 Å². The molecule has 0 aromatic heterocycles. The highest BCUT2D eigenvalue weighted by Gasteiger charge is 2.38. The zero-order valence-electron chi connectivity index (χ0n) is 6.66. The molecule has 0 aromatic rings. The van der Waals surface area contributed by atoms with Gasteiger partial charge in [-0.2, -0.15) is 8.42 Å². The molecule has 0 amide bonds. The van der Waals surface area contributed by atoms with Gasteiger partial charge in [-0.05, 0) is 6.42 Å². The molecule has 0 saturated carbocycles. The van der Waals surface area contributed by atoms with Gasteiger partial charge in [-0.1, -0.05) is 6.92 Å². The first-order valence-electron chi connectivity index (χ1n) is 3.52. The lowest BCUT2D eigenvalue weighted by atomic mass is 9.86. The van der Waals surface area contributed by atoms with Crippen LogP contribution in [0.2, 0.25) is 0 Å². The Bertz CT molecular complexity index is 257. The largest absolute Gasteiger partial charge is 0.380 e. The van der Waals surface area contributed by atoms with Crippen LogP contribution >= 0.6 is 11.6 Å². The van der Waals surface area contributed by atoms with E-state index in [2.05, 4.69) is 0 Å². The molecule has 12 heavy (non-hydrogen) atoms. The van der Waals surface area contributed by atoms with E-state index < -0.39 is 14.8 Å². The highest BCUT2D eigenvalue weighted by Crippen LogP contribution is 2.34. The minimum atomic E-state index is -4.10. The molecule has 1 aliphatic rings. The molecule has 1 rings (SSSR count). The van der Waals surface area contributed by atoms with Crippen molar-refractivity contribution in [2.45, 2.75) is 18.1 Å². The fourth-order valence-electron chi connectivity index (χ4n) is 1.06. The van der Waals surface area contributed by atoms with Crippen LogP contribution < -0.4 is 0 Å². The second-order valence-corrected chi connectivity index (χ2v) is 5.82. The molecule has 0 bridgehead atoms. The molecule has 0 radical (unpaired) electrons. The minimum Gasteiger partial charge on any atom is -0.380 e. The summed E-state index contributed by atoms with van der Waals surface area (Å²) >= 11 is 5.46. The van der Waals surface area contributed by atoms with Gasteiger partial charge in [0, 0.05) is 5.41 Å². The quantitative estimate of drug-likeness (QED) is 0.559. The van der Waals surface area contributed by atoms with Gasteiger partial charge in [0.05, 0.1) is 13.2 Å². The third-order valence-corrected chi connectivity index (χ3v) is 3.52. The molecule has 1 aliphatic heterocycles. The van der Waals surface area contributed by atoms with Crippen molar-refractivity contribution in [1.29, 1.82) is 0 Å². The highest BCUT2D eigenvalue weighted by molar-refractivity contribution is 7.87. The number of halogens is 1. The van der Waals surface area contributed by atoms with Crippen LogP contribution in [0.5, 0.6) is 0 Å². The molecule has 1 unspecified atom stereocenters. The van der Waals surface area contributed by atoms with Crippen LogP contribution in [0, 0.1) is 5.41 Å². The van der Waals surface area contributed by atoms with E-state index in [9.17, 15) is 8.42 Å². The van der Waals surface area contributed by atoms with E-state index in [0.717, 1.165) is 0 Å². The average Bonchev–Trinajstić information content (AvgIpc) is 1.82. The molecule has 72 valence electrons. The van der Waals surface area contributed by atoms with Gasteiger partial charge in [-0.15, -0.1) is 11.6 Å². The van der Waals surface area contributed by atoms with Gasteiger partial charge >= 0.3 is 0 Å². The first kappa shape index (κ1) is 10.2. The second kappa shape index (κ2) is 3.14. The number of rotatable bonds is 3. The lowest BCUT2D eigenvalue weighted by Gasteiger charge is -2.38. The first-order valence-corrected chi connectivity index (χ1v) is 5.46. The van der Waals surface area contributed by atoms with Gasteiger partial charge in [0.25, 0.3) is 10.1 Å². The van der Waals surface area contributed by atoms with Crippen LogP contribution in [0.25, 0.3) is 0 Å². The smallest absolute Gasteiger partial charge is 0.281 e. The van der Waals surface area contributed by atoms with Crippen molar-refractivity contribution in [3.05, 3.63) is 0 Å². The average molecular weight is 215 g/mol.